The van der Waals surface area contributed by atoms with Crippen LogP contribution >= 0.6 is 0 Å². The molecule has 0 saturated carbocycles. The zero-order valence-electron chi connectivity index (χ0n) is 12.6. The largest absolute Gasteiger partial charge is 0.369 e. The molecule has 108 valence electrons. The highest BCUT2D eigenvalue weighted by atomic mass is 16.5. The summed E-state index contributed by atoms with van der Waals surface area (Å²) >= 11 is 0. The molecule has 2 N–H and O–H groups in total. The lowest BCUT2D eigenvalue weighted by atomic mass is 10.0. The van der Waals surface area contributed by atoms with Crippen molar-refractivity contribution < 1.29 is 9.53 Å². The van der Waals surface area contributed by atoms with Crippen molar-refractivity contribution >= 4 is 5.91 Å². The molecule has 0 bridgehead atoms. The summed E-state index contributed by atoms with van der Waals surface area (Å²) in [4.78, 5) is 13.7. The van der Waals surface area contributed by atoms with Crippen LogP contribution in [0.3, 0.4) is 0 Å². The quantitative estimate of drug-likeness (QED) is 0.644. The van der Waals surface area contributed by atoms with E-state index >= 15 is 0 Å². The molecule has 0 fully saturated rings. The van der Waals surface area contributed by atoms with E-state index in [9.17, 15) is 4.79 Å². The molecule has 0 aromatic rings. The first kappa shape index (κ1) is 17.4. The van der Waals surface area contributed by atoms with Crippen molar-refractivity contribution in [1.29, 1.82) is 0 Å². The molecule has 0 aromatic carbocycles. The van der Waals surface area contributed by atoms with E-state index in [1.54, 1.807) is 4.90 Å². The van der Waals surface area contributed by atoms with Gasteiger partial charge in [0.25, 0.3) is 5.91 Å². The number of ether oxygens (including phenoxy) is 1. The Morgan fingerprint density at radius 2 is 1.94 bits per heavy atom. The van der Waals surface area contributed by atoms with Crippen LogP contribution in [0.1, 0.15) is 47.0 Å². The van der Waals surface area contributed by atoms with E-state index in [-0.39, 0.29) is 18.1 Å². The number of unbranched alkanes of at least 4 members (excludes halogenated alkanes) is 1. The molecular formula is C14H30N2O2. The Morgan fingerprint density at radius 3 is 2.44 bits per heavy atom. The van der Waals surface area contributed by atoms with Crippen LogP contribution in [0.5, 0.6) is 0 Å². The van der Waals surface area contributed by atoms with Gasteiger partial charge in [-0.2, -0.15) is 0 Å². The van der Waals surface area contributed by atoms with Gasteiger partial charge >= 0.3 is 0 Å². The van der Waals surface area contributed by atoms with Crippen LogP contribution < -0.4 is 5.73 Å². The third-order valence-corrected chi connectivity index (χ3v) is 3.24. The SMILES string of the molecule is CCCCOC(C)C(=O)N(C)CCC(N)C(C)C. The topological polar surface area (TPSA) is 55.6 Å². The Morgan fingerprint density at radius 1 is 1.33 bits per heavy atom. The molecule has 0 spiro atoms. The number of hydrogen-bond acceptors (Lipinski definition) is 3. The average molecular weight is 258 g/mol. The molecule has 0 aliphatic heterocycles. The highest BCUT2D eigenvalue weighted by Gasteiger charge is 2.18. The summed E-state index contributed by atoms with van der Waals surface area (Å²) in [5.41, 5.74) is 5.97. The van der Waals surface area contributed by atoms with E-state index in [1.807, 2.05) is 14.0 Å². The molecule has 1 amide bonds. The fourth-order valence-electron chi connectivity index (χ4n) is 1.57. The second-order valence-electron chi connectivity index (χ2n) is 5.32. The molecule has 4 nitrogen and oxygen atoms in total. The number of nitrogens with two attached hydrogens (primary N) is 1. The summed E-state index contributed by atoms with van der Waals surface area (Å²) in [6, 6.07) is 0.150. The van der Waals surface area contributed by atoms with Gasteiger partial charge in [0.15, 0.2) is 0 Å². The van der Waals surface area contributed by atoms with Gasteiger partial charge in [-0.25, -0.2) is 0 Å². The highest BCUT2D eigenvalue weighted by molar-refractivity contribution is 5.80. The number of carbonyl (C=O) groups excluding carboxylic acids is 1. The first-order valence-electron chi connectivity index (χ1n) is 7.02. The van der Waals surface area contributed by atoms with E-state index in [4.69, 9.17) is 10.5 Å². The Balaban J connectivity index is 3.94. The molecule has 0 rings (SSSR count). The van der Waals surface area contributed by atoms with Crippen LogP contribution in [0, 0.1) is 5.92 Å². The molecule has 4 heteroatoms. The third kappa shape index (κ3) is 6.97. The van der Waals surface area contributed by atoms with Gasteiger partial charge in [0, 0.05) is 26.2 Å². The molecule has 18 heavy (non-hydrogen) atoms. The summed E-state index contributed by atoms with van der Waals surface area (Å²) < 4.78 is 5.50. The molecule has 2 atom stereocenters. The Hall–Kier alpha value is -0.610. The zero-order chi connectivity index (χ0) is 14.1. The Bertz CT molecular complexity index is 232. The second kappa shape index (κ2) is 9.34. The number of rotatable bonds is 9. The van der Waals surface area contributed by atoms with Crippen LogP contribution in [-0.4, -0.2) is 43.2 Å². The van der Waals surface area contributed by atoms with Gasteiger partial charge in [-0.3, -0.25) is 4.79 Å². The lowest BCUT2D eigenvalue weighted by molar-refractivity contribution is -0.141. The van der Waals surface area contributed by atoms with E-state index < -0.39 is 0 Å². The molecule has 0 saturated heterocycles. The maximum Gasteiger partial charge on any atom is 0.251 e. The number of carbonyl (C=O) groups is 1. The number of hydrogen-bond donors (Lipinski definition) is 1. The van der Waals surface area contributed by atoms with Crippen LogP contribution in [0.4, 0.5) is 0 Å². The van der Waals surface area contributed by atoms with Crippen LogP contribution in [-0.2, 0) is 9.53 Å². The molecule has 2 unspecified atom stereocenters. The molecule has 0 aliphatic rings. The van der Waals surface area contributed by atoms with Crippen LogP contribution in [0.15, 0.2) is 0 Å². The van der Waals surface area contributed by atoms with E-state index in [1.165, 1.54) is 0 Å². The molecule has 0 heterocycles. The minimum Gasteiger partial charge on any atom is -0.369 e. The average Bonchev–Trinajstić information content (AvgIpc) is 2.34. The summed E-state index contributed by atoms with van der Waals surface area (Å²) in [5, 5.41) is 0. The van der Waals surface area contributed by atoms with Crippen LogP contribution in [0.25, 0.3) is 0 Å². The maximum atomic E-state index is 12.0. The van der Waals surface area contributed by atoms with Crippen molar-refractivity contribution in [3.05, 3.63) is 0 Å². The summed E-state index contributed by atoms with van der Waals surface area (Å²) in [6.07, 6.45) is 2.57. The normalized spacial score (nSPS) is 14.6. The fraction of sp³-hybridized carbons (Fsp3) is 0.929. The zero-order valence-corrected chi connectivity index (χ0v) is 12.6. The van der Waals surface area contributed by atoms with Crippen molar-refractivity contribution in [3.8, 4) is 0 Å². The Labute approximate surface area is 112 Å². The van der Waals surface area contributed by atoms with Crippen molar-refractivity contribution in [2.24, 2.45) is 11.7 Å². The van der Waals surface area contributed by atoms with Crippen LogP contribution in [0.2, 0.25) is 0 Å². The minimum atomic E-state index is -0.350. The van der Waals surface area contributed by atoms with E-state index in [2.05, 4.69) is 20.8 Å². The second-order valence-corrected chi connectivity index (χ2v) is 5.32. The fourth-order valence-corrected chi connectivity index (χ4v) is 1.57. The van der Waals surface area contributed by atoms with Gasteiger partial charge < -0.3 is 15.4 Å². The smallest absolute Gasteiger partial charge is 0.251 e. The molecule has 0 aromatic heterocycles. The maximum absolute atomic E-state index is 12.0. The lowest BCUT2D eigenvalue weighted by Gasteiger charge is -2.24. The lowest BCUT2D eigenvalue weighted by Crippen LogP contribution is -2.39. The van der Waals surface area contributed by atoms with Gasteiger partial charge in [0.05, 0.1) is 0 Å². The standard InChI is InChI=1S/C14H30N2O2/c1-6-7-10-18-12(4)14(17)16(5)9-8-13(15)11(2)3/h11-13H,6-10,15H2,1-5H3. The molecular weight excluding hydrogens is 228 g/mol. The third-order valence-electron chi connectivity index (χ3n) is 3.24. The molecule has 0 aliphatic carbocycles. The van der Waals surface area contributed by atoms with Crippen molar-refractivity contribution in [2.75, 3.05) is 20.2 Å². The number of amides is 1. The minimum absolute atomic E-state index is 0.0436. The van der Waals surface area contributed by atoms with Gasteiger partial charge in [-0.1, -0.05) is 27.2 Å². The van der Waals surface area contributed by atoms with Gasteiger partial charge in [-0.15, -0.1) is 0 Å². The van der Waals surface area contributed by atoms with Gasteiger partial charge in [-0.05, 0) is 25.7 Å². The first-order chi connectivity index (χ1) is 8.40. The summed E-state index contributed by atoms with van der Waals surface area (Å²) in [5.74, 6) is 0.494. The van der Waals surface area contributed by atoms with Crippen molar-refractivity contribution in [2.45, 2.75) is 59.1 Å². The number of nitrogens with zero attached hydrogens (tertiary/aromatic N) is 1. The predicted octanol–water partition coefficient (Wildman–Crippen LogP) is 2.02. The van der Waals surface area contributed by atoms with E-state index in [0.717, 1.165) is 19.3 Å². The van der Waals surface area contributed by atoms with E-state index in [0.29, 0.717) is 19.1 Å². The first-order valence-corrected chi connectivity index (χ1v) is 7.02. The Kier molecular flexibility index (Phi) is 9.02. The predicted molar refractivity (Wildman–Crippen MR) is 75.4 cm³/mol. The number of likely N-dealkylation sites (N-methyl/N-ethyl adjacent to an activating group) is 1. The highest BCUT2D eigenvalue weighted by Crippen LogP contribution is 2.05. The van der Waals surface area contributed by atoms with Crippen molar-refractivity contribution in [1.82, 2.24) is 4.90 Å². The molecule has 0 radical (unpaired) electrons. The summed E-state index contributed by atoms with van der Waals surface area (Å²) in [6.45, 7) is 9.47. The van der Waals surface area contributed by atoms with Gasteiger partial charge in [0.2, 0.25) is 0 Å². The summed E-state index contributed by atoms with van der Waals surface area (Å²) in [7, 11) is 1.81. The monoisotopic (exact) mass is 258 g/mol. The van der Waals surface area contributed by atoms with Gasteiger partial charge in [0.1, 0.15) is 6.10 Å². The van der Waals surface area contributed by atoms with Crippen molar-refractivity contribution in [3.63, 3.8) is 0 Å².